The topological polar surface area (TPSA) is 40.9 Å². The average Bonchev–Trinajstić information content (AvgIpc) is 2.46. The number of nitriles is 1. The number of benzene rings is 2. The zero-order valence-electron chi connectivity index (χ0n) is 10.9. The molecule has 2 aromatic rings. The zero-order valence-corrected chi connectivity index (χ0v) is 11.7. The normalized spacial score (nSPS) is 10.1. The molecule has 0 amide bonds. The van der Waals surface area contributed by atoms with Crippen LogP contribution in [0.25, 0.3) is 0 Å². The van der Waals surface area contributed by atoms with Crippen LogP contribution in [0.4, 0.5) is 4.39 Å². The summed E-state index contributed by atoms with van der Waals surface area (Å²) >= 11 is 1.44. The number of thioether (sulfide) groups is 1. The van der Waals surface area contributed by atoms with Crippen molar-refractivity contribution in [2.24, 2.45) is 0 Å². The van der Waals surface area contributed by atoms with Gasteiger partial charge in [0.1, 0.15) is 11.9 Å². The lowest BCUT2D eigenvalue weighted by atomic mass is 10.1. The summed E-state index contributed by atoms with van der Waals surface area (Å²) in [5, 5.41) is 8.79. The molecule has 4 heteroatoms. The van der Waals surface area contributed by atoms with E-state index in [9.17, 15) is 9.18 Å². The number of nitrogens with zero attached hydrogens (tertiary/aromatic N) is 1. The third kappa shape index (κ3) is 3.25. The van der Waals surface area contributed by atoms with E-state index >= 15 is 0 Å². The van der Waals surface area contributed by atoms with Gasteiger partial charge in [-0.05, 0) is 30.7 Å². The maximum Gasteiger partial charge on any atom is 0.159 e. The highest BCUT2D eigenvalue weighted by Crippen LogP contribution is 2.25. The highest BCUT2D eigenvalue weighted by atomic mass is 32.2. The number of hydrogen-bond donors (Lipinski definition) is 0. The third-order valence-corrected chi connectivity index (χ3v) is 3.88. The Hall–Kier alpha value is -2.12. The van der Waals surface area contributed by atoms with E-state index in [2.05, 4.69) is 0 Å². The Bertz CT molecular complexity index is 691. The standard InChI is InChI=1S/C16H12FNOS/c1-11(19)12-4-3-7-15(8-12)20-10-14-6-2-5-13(9-18)16(14)17/h2-8H,10H2,1H3. The Morgan fingerprint density at radius 2 is 2.05 bits per heavy atom. The van der Waals surface area contributed by atoms with Crippen molar-refractivity contribution in [3.63, 3.8) is 0 Å². The van der Waals surface area contributed by atoms with Crippen molar-refractivity contribution in [1.29, 1.82) is 5.26 Å². The Morgan fingerprint density at radius 3 is 2.75 bits per heavy atom. The summed E-state index contributed by atoms with van der Waals surface area (Å²) in [5.74, 6) is -0.0433. The van der Waals surface area contributed by atoms with Crippen molar-refractivity contribution in [2.45, 2.75) is 17.6 Å². The molecule has 0 saturated heterocycles. The molecule has 0 heterocycles. The molecule has 0 unspecified atom stereocenters. The lowest BCUT2D eigenvalue weighted by Crippen LogP contribution is -1.93. The van der Waals surface area contributed by atoms with Gasteiger partial charge in [-0.25, -0.2) is 4.39 Å². The fourth-order valence-corrected chi connectivity index (χ4v) is 2.67. The largest absolute Gasteiger partial charge is 0.295 e. The number of halogens is 1. The molecule has 0 radical (unpaired) electrons. The molecule has 2 nitrogen and oxygen atoms in total. The first-order valence-electron chi connectivity index (χ1n) is 6.03. The number of carbonyl (C=O) groups is 1. The summed E-state index contributed by atoms with van der Waals surface area (Å²) in [4.78, 5) is 12.2. The fraction of sp³-hybridized carbons (Fsp3) is 0.125. The molecule has 0 aliphatic heterocycles. The smallest absolute Gasteiger partial charge is 0.159 e. The maximum atomic E-state index is 13.9. The number of hydrogen-bond acceptors (Lipinski definition) is 3. The minimum Gasteiger partial charge on any atom is -0.295 e. The van der Waals surface area contributed by atoms with Gasteiger partial charge in [0.2, 0.25) is 0 Å². The molecule has 2 aromatic carbocycles. The maximum absolute atomic E-state index is 13.9. The Balaban J connectivity index is 2.15. The molecule has 0 saturated carbocycles. The molecular weight excluding hydrogens is 273 g/mol. The van der Waals surface area contributed by atoms with E-state index in [-0.39, 0.29) is 11.3 Å². The number of rotatable bonds is 4. The first kappa shape index (κ1) is 14.3. The van der Waals surface area contributed by atoms with Crippen LogP contribution < -0.4 is 0 Å². The quantitative estimate of drug-likeness (QED) is 0.624. The highest BCUT2D eigenvalue weighted by Gasteiger charge is 2.08. The Kier molecular flexibility index (Phi) is 4.54. The van der Waals surface area contributed by atoms with E-state index in [0.717, 1.165) is 4.90 Å². The molecule has 0 aliphatic carbocycles. The van der Waals surface area contributed by atoms with Crippen molar-refractivity contribution in [3.8, 4) is 6.07 Å². The van der Waals surface area contributed by atoms with Crippen LogP contribution in [-0.4, -0.2) is 5.78 Å². The van der Waals surface area contributed by atoms with Crippen LogP contribution >= 0.6 is 11.8 Å². The monoisotopic (exact) mass is 285 g/mol. The van der Waals surface area contributed by atoms with Crippen LogP contribution in [0.5, 0.6) is 0 Å². The van der Waals surface area contributed by atoms with Crippen molar-refractivity contribution in [3.05, 3.63) is 65.0 Å². The highest BCUT2D eigenvalue weighted by molar-refractivity contribution is 7.98. The van der Waals surface area contributed by atoms with Crippen LogP contribution in [-0.2, 0) is 5.75 Å². The lowest BCUT2D eigenvalue weighted by Gasteiger charge is -2.05. The zero-order chi connectivity index (χ0) is 14.5. The first-order chi connectivity index (χ1) is 9.61. The first-order valence-corrected chi connectivity index (χ1v) is 7.01. The number of carbonyl (C=O) groups excluding carboxylic acids is 1. The minimum atomic E-state index is -0.467. The van der Waals surface area contributed by atoms with Crippen molar-refractivity contribution >= 4 is 17.5 Å². The summed E-state index contributed by atoms with van der Waals surface area (Å²) in [6.45, 7) is 1.51. The van der Waals surface area contributed by atoms with Crippen LogP contribution in [0, 0.1) is 17.1 Å². The molecule has 0 spiro atoms. The van der Waals surface area contributed by atoms with Gasteiger partial charge in [0.05, 0.1) is 5.56 Å². The van der Waals surface area contributed by atoms with E-state index in [1.54, 1.807) is 30.3 Å². The second kappa shape index (κ2) is 6.36. The SMILES string of the molecule is CC(=O)c1cccc(SCc2cccc(C#N)c2F)c1. The van der Waals surface area contributed by atoms with E-state index in [1.807, 2.05) is 12.1 Å². The van der Waals surface area contributed by atoms with E-state index in [1.165, 1.54) is 24.8 Å². The van der Waals surface area contributed by atoms with Crippen molar-refractivity contribution < 1.29 is 9.18 Å². The van der Waals surface area contributed by atoms with Gasteiger partial charge in [0.15, 0.2) is 5.78 Å². The molecule has 0 N–H and O–H groups in total. The molecule has 0 bridgehead atoms. The van der Waals surface area contributed by atoms with E-state index < -0.39 is 5.82 Å². The Morgan fingerprint density at radius 1 is 1.30 bits per heavy atom. The van der Waals surface area contributed by atoms with Gasteiger partial charge >= 0.3 is 0 Å². The van der Waals surface area contributed by atoms with Gasteiger partial charge in [-0.2, -0.15) is 5.26 Å². The molecule has 0 aromatic heterocycles. The molecule has 100 valence electrons. The molecule has 2 rings (SSSR count). The van der Waals surface area contributed by atoms with Crippen molar-refractivity contribution in [1.82, 2.24) is 0 Å². The predicted molar refractivity (Wildman–Crippen MR) is 77.1 cm³/mol. The molecule has 0 atom stereocenters. The van der Waals surface area contributed by atoms with Crippen molar-refractivity contribution in [2.75, 3.05) is 0 Å². The van der Waals surface area contributed by atoms with Crippen LogP contribution in [0.3, 0.4) is 0 Å². The van der Waals surface area contributed by atoms with Gasteiger partial charge in [-0.1, -0.05) is 24.3 Å². The Labute approximate surface area is 121 Å². The van der Waals surface area contributed by atoms with E-state index in [4.69, 9.17) is 5.26 Å². The van der Waals surface area contributed by atoms with Crippen LogP contribution in [0.15, 0.2) is 47.4 Å². The summed E-state index contributed by atoms with van der Waals surface area (Å²) in [6.07, 6.45) is 0. The summed E-state index contributed by atoms with van der Waals surface area (Å²) in [7, 11) is 0. The average molecular weight is 285 g/mol. The summed E-state index contributed by atoms with van der Waals surface area (Å²) in [6, 6.07) is 13.9. The molecule has 20 heavy (non-hydrogen) atoms. The second-order valence-corrected chi connectivity index (χ2v) is 5.31. The van der Waals surface area contributed by atoms with Gasteiger partial charge in [0, 0.05) is 16.2 Å². The third-order valence-electron chi connectivity index (χ3n) is 2.83. The fourth-order valence-electron chi connectivity index (χ4n) is 1.74. The minimum absolute atomic E-state index is 0.00473. The second-order valence-electron chi connectivity index (χ2n) is 4.26. The summed E-state index contributed by atoms with van der Waals surface area (Å²) in [5.41, 5.74) is 1.18. The molecule has 0 aliphatic rings. The molecular formula is C16H12FNOS. The lowest BCUT2D eigenvalue weighted by molar-refractivity contribution is 0.101. The number of Topliss-reactive ketones (excluding diaryl/α,β-unsaturated/α-hetero) is 1. The van der Waals surface area contributed by atoms with Gasteiger partial charge in [0.25, 0.3) is 0 Å². The van der Waals surface area contributed by atoms with Crippen LogP contribution in [0.1, 0.15) is 28.4 Å². The molecule has 0 fully saturated rings. The summed E-state index contributed by atoms with van der Waals surface area (Å²) < 4.78 is 13.9. The number of ketones is 1. The predicted octanol–water partition coefficient (Wildman–Crippen LogP) is 4.19. The van der Waals surface area contributed by atoms with Gasteiger partial charge in [-0.15, -0.1) is 11.8 Å². The van der Waals surface area contributed by atoms with Crippen LogP contribution in [0.2, 0.25) is 0 Å². The van der Waals surface area contributed by atoms with Gasteiger partial charge < -0.3 is 0 Å². The van der Waals surface area contributed by atoms with E-state index in [0.29, 0.717) is 16.9 Å². The van der Waals surface area contributed by atoms with Gasteiger partial charge in [-0.3, -0.25) is 4.79 Å².